The summed E-state index contributed by atoms with van der Waals surface area (Å²) in [5.74, 6) is -4.04. The lowest BCUT2D eigenvalue weighted by Gasteiger charge is -2.29. The molecule has 45 heavy (non-hydrogen) atoms. The van der Waals surface area contributed by atoms with Gasteiger partial charge < -0.3 is 19.7 Å². The molecule has 0 bridgehead atoms. The normalized spacial score (nSPS) is 13.4. The number of allylic oxidation sites excluding steroid dienone is 12. The fourth-order valence-electron chi connectivity index (χ4n) is 4.40. The Morgan fingerprint density at radius 1 is 0.533 bits per heavy atom. The highest BCUT2D eigenvalue weighted by atomic mass is 16.8. The van der Waals surface area contributed by atoms with Crippen LogP contribution < -0.4 is 0 Å². The highest BCUT2D eigenvalue weighted by molar-refractivity contribution is 5.71. The highest BCUT2D eigenvalue weighted by Crippen LogP contribution is 2.19. The van der Waals surface area contributed by atoms with Crippen LogP contribution in [0, 0.1) is 0 Å². The molecule has 2 N–H and O–H groups in total. The van der Waals surface area contributed by atoms with E-state index in [9.17, 15) is 19.8 Å². The molecule has 6 nitrogen and oxygen atoms in total. The molecule has 6 heteroatoms. The van der Waals surface area contributed by atoms with Gasteiger partial charge >= 0.3 is 17.9 Å². The maximum atomic E-state index is 12.3. The van der Waals surface area contributed by atoms with E-state index >= 15 is 0 Å². The molecule has 0 heterocycles. The summed E-state index contributed by atoms with van der Waals surface area (Å²) in [6, 6.07) is 0. The van der Waals surface area contributed by atoms with Crippen molar-refractivity contribution in [2.45, 2.75) is 161 Å². The molecule has 0 aliphatic rings. The van der Waals surface area contributed by atoms with Crippen molar-refractivity contribution in [1.29, 1.82) is 0 Å². The molecular weight excluding hydrogens is 564 g/mol. The molecule has 0 aliphatic carbocycles. The van der Waals surface area contributed by atoms with E-state index in [0.717, 1.165) is 103 Å². The molecule has 0 saturated carbocycles. The number of carbonyl (C=O) groups excluding carboxylic acids is 2. The third-order valence-corrected chi connectivity index (χ3v) is 7.11. The summed E-state index contributed by atoms with van der Waals surface area (Å²) in [6.45, 7) is 5.50. The second kappa shape index (κ2) is 31.3. The minimum absolute atomic E-state index is 0.0921. The summed E-state index contributed by atoms with van der Waals surface area (Å²) < 4.78 is 10.0. The first kappa shape index (κ1) is 42.3. The van der Waals surface area contributed by atoms with Gasteiger partial charge in [-0.05, 0) is 84.0 Å². The second-order valence-electron chi connectivity index (χ2n) is 11.5. The van der Waals surface area contributed by atoms with Crippen LogP contribution in [0.5, 0.6) is 0 Å². The van der Waals surface area contributed by atoms with Crippen LogP contribution in [0.25, 0.3) is 0 Å². The smallest absolute Gasteiger partial charge is 0.396 e. The second-order valence-corrected chi connectivity index (χ2v) is 11.5. The average Bonchev–Trinajstić information content (AvgIpc) is 3.00. The van der Waals surface area contributed by atoms with E-state index < -0.39 is 24.0 Å². The largest absolute Gasteiger partial charge is 0.400 e. The number of rotatable bonds is 29. The molecule has 256 valence electrons. The van der Waals surface area contributed by atoms with Gasteiger partial charge in [0.1, 0.15) is 0 Å². The van der Waals surface area contributed by atoms with Crippen LogP contribution >= 0.6 is 0 Å². The maximum Gasteiger partial charge on any atom is 0.400 e. The number of esters is 2. The van der Waals surface area contributed by atoms with E-state index in [1.54, 1.807) is 0 Å². The van der Waals surface area contributed by atoms with E-state index in [1.165, 1.54) is 6.92 Å². The predicted molar refractivity (Wildman–Crippen MR) is 187 cm³/mol. The van der Waals surface area contributed by atoms with Crippen LogP contribution in [0.2, 0.25) is 0 Å². The van der Waals surface area contributed by atoms with Crippen LogP contribution in [0.15, 0.2) is 72.9 Å². The molecule has 0 aromatic heterocycles. The van der Waals surface area contributed by atoms with Crippen molar-refractivity contribution >= 4 is 11.9 Å². The quantitative estimate of drug-likeness (QED) is 0.0370. The Bertz CT molecular complexity index is 827. The Morgan fingerprint density at radius 2 is 0.844 bits per heavy atom. The zero-order valence-electron chi connectivity index (χ0n) is 28.7. The van der Waals surface area contributed by atoms with Gasteiger partial charge in [0, 0.05) is 12.8 Å². The standard InChI is InChI=1S/C39H64O6/c1-4-6-8-10-12-14-16-18-20-22-24-26-28-30-32-34-37(41)44-39(43,36(3)40)45-38(42)35-33-31-29-27-25-23-21-19-17-15-13-11-9-7-5-2/h6-9,12-15,18-21,36,40,43H,4-5,10-11,16-17,22-35H2,1-3H3/b8-6-,9-7-,14-12-,15-13-,20-18-,21-19-. The van der Waals surface area contributed by atoms with Crippen molar-refractivity contribution < 1.29 is 29.3 Å². The molecule has 0 aromatic rings. The third-order valence-electron chi connectivity index (χ3n) is 7.11. The fraction of sp³-hybridized carbons (Fsp3) is 0.641. The Kier molecular flexibility index (Phi) is 29.4. The molecule has 0 radical (unpaired) electrons. The van der Waals surface area contributed by atoms with Gasteiger partial charge in [-0.15, -0.1) is 0 Å². The molecular formula is C39H64O6. The number of aliphatic hydroxyl groups is 2. The Labute approximate surface area is 275 Å². The van der Waals surface area contributed by atoms with Gasteiger partial charge in [0.25, 0.3) is 0 Å². The van der Waals surface area contributed by atoms with Crippen molar-refractivity contribution in [1.82, 2.24) is 0 Å². The summed E-state index contributed by atoms with van der Waals surface area (Å²) >= 11 is 0. The van der Waals surface area contributed by atoms with Gasteiger partial charge in [0.05, 0.1) is 0 Å². The van der Waals surface area contributed by atoms with Gasteiger partial charge in [0.2, 0.25) is 0 Å². The first-order chi connectivity index (χ1) is 21.9. The van der Waals surface area contributed by atoms with E-state index in [4.69, 9.17) is 9.47 Å². The van der Waals surface area contributed by atoms with Crippen LogP contribution in [0.4, 0.5) is 0 Å². The van der Waals surface area contributed by atoms with Crippen molar-refractivity contribution in [2.75, 3.05) is 0 Å². The summed E-state index contributed by atoms with van der Waals surface area (Å²) in [4.78, 5) is 24.5. The van der Waals surface area contributed by atoms with Crippen molar-refractivity contribution in [3.05, 3.63) is 72.9 Å². The number of ether oxygens (including phenoxy) is 2. The van der Waals surface area contributed by atoms with Crippen molar-refractivity contribution in [3.8, 4) is 0 Å². The monoisotopic (exact) mass is 628 g/mol. The van der Waals surface area contributed by atoms with Crippen LogP contribution in [0.3, 0.4) is 0 Å². The predicted octanol–water partition coefficient (Wildman–Crippen LogP) is 10.3. The van der Waals surface area contributed by atoms with Gasteiger partial charge in [-0.3, -0.25) is 9.59 Å². The third kappa shape index (κ3) is 28.5. The molecule has 0 saturated heterocycles. The number of hydrogen-bond donors (Lipinski definition) is 2. The Balaban J connectivity index is 3.95. The maximum absolute atomic E-state index is 12.3. The molecule has 0 aromatic carbocycles. The lowest BCUT2D eigenvalue weighted by Crippen LogP contribution is -2.48. The van der Waals surface area contributed by atoms with Crippen molar-refractivity contribution in [3.63, 3.8) is 0 Å². The first-order valence-corrected chi connectivity index (χ1v) is 17.6. The van der Waals surface area contributed by atoms with Crippen LogP contribution in [0.1, 0.15) is 149 Å². The zero-order valence-corrected chi connectivity index (χ0v) is 28.7. The summed E-state index contributed by atoms with van der Waals surface area (Å²) in [5, 5.41) is 20.5. The van der Waals surface area contributed by atoms with Gasteiger partial charge in [0.15, 0.2) is 6.10 Å². The molecule has 1 atom stereocenters. The molecule has 0 aliphatic heterocycles. The lowest BCUT2D eigenvalue weighted by molar-refractivity contribution is -0.358. The molecule has 0 spiro atoms. The highest BCUT2D eigenvalue weighted by Gasteiger charge is 2.42. The molecule has 1 unspecified atom stereocenters. The Hall–Kier alpha value is -2.70. The minimum Gasteiger partial charge on any atom is -0.396 e. The molecule has 0 amide bonds. The fourth-order valence-corrected chi connectivity index (χ4v) is 4.40. The molecule has 0 fully saturated rings. The van der Waals surface area contributed by atoms with Gasteiger partial charge in [-0.25, -0.2) is 0 Å². The number of carbonyl (C=O) groups is 2. The van der Waals surface area contributed by atoms with Crippen molar-refractivity contribution in [2.24, 2.45) is 0 Å². The van der Waals surface area contributed by atoms with Crippen LogP contribution in [-0.2, 0) is 19.1 Å². The van der Waals surface area contributed by atoms with Gasteiger partial charge in [-0.1, -0.05) is 125 Å². The summed E-state index contributed by atoms with van der Waals surface area (Å²) in [5.41, 5.74) is 0. The summed E-state index contributed by atoms with van der Waals surface area (Å²) in [6.07, 6.45) is 42.4. The van der Waals surface area contributed by atoms with E-state index in [0.29, 0.717) is 12.8 Å². The lowest BCUT2D eigenvalue weighted by atomic mass is 10.1. The zero-order chi connectivity index (χ0) is 33.3. The first-order valence-electron chi connectivity index (χ1n) is 17.6. The van der Waals surface area contributed by atoms with E-state index in [2.05, 4.69) is 86.8 Å². The number of hydrogen-bond acceptors (Lipinski definition) is 6. The van der Waals surface area contributed by atoms with Crippen LogP contribution in [-0.4, -0.2) is 34.2 Å². The van der Waals surface area contributed by atoms with E-state index in [-0.39, 0.29) is 12.8 Å². The summed E-state index contributed by atoms with van der Waals surface area (Å²) in [7, 11) is 0. The number of aliphatic hydroxyl groups excluding tert-OH is 1. The van der Waals surface area contributed by atoms with E-state index in [1.807, 2.05) is 0 Å². The average molecular weight is 629 g/mol. The Morgan fingerprint density at radius 3 is 1.20 bits per heavy atom. The van der Waals surface area contributed by atoms with Gasteiger partial charge in [-0.2, -0.15) is 0 Å². The SMILES string of the molecule is CC/C=C\C/C=C\C/C=C\CCCCCCCC(=O)OC(O)(OC(=O)CCCCCCC/C=C\C/C=C\C/C=C\CC)C(C)O. The molecule has 0 rings (SSSR count). The number of unbranched alkanes of at least 4 members (excludes halogenated alkanes) is 10. The minimum atomic E-state index is -2.66. The topological polar surface area (TPSA) is 93.1 Å².